The SMILES string of the molecule is CCCCNC(=O)CSc1nnc(-c2ccncc2)n1-c1ccccc1. The van der Waals surface area contributed by atoms with Crippen LogP contribution in [0.2, 0.25) is 0 Å². The molecule has 1 N–H and O–H groups in total. The minimum Gasteiger partial charge on any atom is -0.355 e. The van der Waals surface area contributed by atoms with Gasteiger partial charge in [0.25, 0.3) is 0 Å². The largest absolute Gasteiger partial charge is 0.355 e. The molecule has 0 aliphatic heterocycles. The second kappa shape index (κ2) is 9.15. The van der Waals surface area contributed by atoms with E-state index in [-0.39, 0.29) is 5.91 Å². The highest BCUT2D eigenvalue weighted by Gasteiger charge is 2.17. The van der Waals surface area contributed by atoms with E-state index in [0.717, 1.165) is 29.9 Å². The van der Waals surface area contributed by atoms with E-state index in [1.807, 2.05) is 47.0 Å². The third-order valence-electron chi connectivity index (χ3n) is 3.77. The quantitative estimate of drug-likeness (QED) is 0.488. The topological polar surface area (TPSA) is 72.7 Å². The second-order valence-electron chi connectivity index (χ2n) is 5.71. The summed E-state index contributed by atoms with van der Waals surface area (Å²) in [6.07, 6.45) is 5.51. The lowest BCUT2D eigenvalue weighted by atomic mass is 10.2. The van der Waals surface area contributed by atoms with Gasteiger partial charge in [-0.2, -0.15) is 0 Å². The van der Waals surface area contributed by atoms with Gasteiger partial charge in [0.2, 0.25) is 5.91 Å². The van der Waals surface area contributed by atoms with E-state index in [2.05, 4.69) is 27.4 Å². The predicted octanol–water partition coefficient (Wildman–Crippen LogP) is 3.34. The molecular formula is C19H21N5OS. The number of rotatable bonds is 8. The zero-order valence-corrected chi connectivity index (χ0v) is 15.4. The number of para-hydroxylation sites is 1. The van der Waals surface area contributed by atoms with E-state index in [1.165, 1.54) is 11.8 Å². The Morgan fingerprint density at radius 2 is 1.88 bits per heavy atom. The molecule has 0 bridgehead atoms. The van der Waals surface area contributed by atoms with Crippen molar-refractivity contribution in [2.75, 3.05) is 12.3 Å². The van der Waals surface area contributed by atoms with Crippen molar-refractivity contribution in [3.8, 4) is 17.1 Å². The van der Waals surface area contributed by atoms with Crippen molar-refractivity contribution in [1.82, 2.24) is 25.1 Å². The number of amides is 1. The first-order chi connectivity index (χ1) is 12.8. The van der Waals surface area contributed by atoms with Gasteiger partial charge in [-0.1, -0.05) is 43.3 Å². The molecule has 0 aliphatic rings. The Morgan fingerprint density at radius 3 is 2.62 bits per heavy atom. The van der Waals surface area contributed by atoms with Crippen molar-refractivity contribution < 1.29 is 4.79 Å². The van der Waals surface area contributed by atoms with Crippen molar-refractivity contribution in [2.45, 2.75) is 24.9 Å². The molecule has 0 fully saturated rings. The molecule has 0 saturated heterocycles. The molecule has 1 aromatic carbocycles. The lowest BCUT2D eigenvalue weighted by molar-refractivity contribution is -0.118. The monoisotopic (exact) mass is 367 g/mol. The van der Waals surface area contributed by atoms with Gasteiger partial charge in [0, 0.05) is 30.2 Å². The normalized spacial score (nSPS) is 10.7. The van der Waals surface area contributed by atoms with Crippen LogP contribution in [0.4, 0.5) is 0 Å². The number of pyridine rings is 1. The Morgan fingerprint density at radius 1 is 1.12 bits per heavy atom. The van der Waals surface area contributed by atoms with Crippen LogP contribution in [0.1, 0.15) is 19.8 Å². The van der Waals surface area contributed by atoms with Gasteiger partial charge < -0.3 is 5.32 Å². The van der Waals surface area contributed by atoms with E-state index in [9.17, 15) is 4.79 Å². The predicted molar refractivity (Wildman–Crippen MR) is 103 cm³/mol. The van der Waals surface area contributed by atoms with Crippen LogP contribution in [-0.2, 0) is 4.79 Å². The Kier molecular flexibility index (Phi) is 6.38. The number of hydrogen-bond acceptors (Lipinski definition) is 5. The molecular weight excluding hydrogens is 346 g/mol. The first-order valence-corrected chi connectivity index (χ1v) is 9.59. The van der Waals surface area contributed by atoms with Gasteiger partial charge in [-0.15, -0.1) is 10.2 Å². The first-order valence-electron chi connectivity index (χ1n) is 8.60. The molecule has 7 heteroatoms. The van der Waals surface area contributed by atoms with E-state index >= 15 is 0 Å². The fraction of sp³-hybridized carbons (Fsp3) is 0.263. The third-order valence-corrected chi connectivity index (χ3v) is 4.70. The van der Waals surface area contributed by atoms with Gasteiger partial charge >= 0.3 is 0 Å². The minimum atomic E-state index is 0.0107. The first kappa shape index (κ1) is 18.1. The number of aromatic nitrogens is 4. The number of carbonyl (C=O) groups is 1. The number of benzene rings is 1. The van der Waals surface area contributed by atoms with E-state index in [4.69, 9.17) is 0 Å². The van der Waals surface area contributed by atoms with Crippen LogP contribution in [0.15, 0.2) is 60.0 Å². The Labute approximate surface area is 157 Å². The van der Waals surface area contributed by atoms with Crippen LogP contribution in [-0.4, -0.2) is 38.0 Å². The summed E-state index contributed by atoms with van der Waals surface area (Å²) in [6.45, 7) is 2.81. The molecule has 0 spiro atoms. The average molecular weight is 367 g/mol. The molecule has 0 unspecified atom stereocenters. The van der Waals surface area contributed by atoms with Gasteiger partial charge in [0.15, 0.2) is 11.0 Å². The summed E-state index contributed by atoms with van der Waals surface area (Å²) in [5, 5.41) is 12.3. The van der Waals surface area contributed by atoms with Crippen molar-refractivity contribution in [2.24, 2.45) is 0 Å². The number of unbranched alkanes of at least 4 members (excludes halogenated alkanes) is 1. The highest BCUT2D eigenvalue weighted by atomic mass is 32.2. The Balaban J connectivity index is 1.84. The molecule has 0 aliphatic carbocycles. The fourth-order valence-electron chi connectivity index (χ4n) is 2.45. The number of carbonyl (C=O) groups excluding carboxylic acids is 1. The standard InChI is InChI=1S/C19H21N5OS/c1-2-3-11-21-17(25)14-26-19-23-22-18(15-9-12-20-13-10-15)24(19)16-7-5-4-6-8-16/h4-10,12-13H,2-3,11,14H2,1H3,(H,21,25). The summed E-state index contributed by atoms with van der Waals surface area (Å²) in [6, 6.07) is 13.7. The van der Waals surface area contributed by atoms with Crippen molar-refractivity contribution in [3.63, 3.8) is 0 Å². The Bertz CT molecular complexity index is 836. The molecule has 0 radical (unpaired) electrons. The van der Waals surface area contributed by atoms with Gasteiger partial charge in [-0.05, 0) is 30.7 Å². The molecule has 134 valence electrons. The molecule has 6 nitrogen and oxygen atoms in total. The zero-order valence-electron chi connectivity index (χ0n) is 14.6. The summed E-state index contributed by atoms with van der Waals surface area (Å²) in [4.78, 5) is 16.1. The summed E-state index contributed by atoms with van der Waals surface area (Å²) in [7, 11) is 0. The van der Waals surface area contributed by atoms with Crippen molar-refractivity contribution in [3.05, 3.63) is 54.9 Å². The highest BCUT2D eigenvalue weighted by Crippen LogP contribution is 2.27. The highest BCUT2D eigenvalue weighted by molar-refractivity contribution is 7.99. The van der Waals surface area contributed by atoms with Crippen molar-refractivity contribution >= 4 is 17.7 Å². The summed E-state index contributed by atoms with van der Waals surface area (Å²) >= 11 is 1.39. The number of nitrogens with zero attached hydrogens (tertiary/aromatic N) is 4. The molecule has 3 rings (SSSR count). The van der Waals surface area contributed by atoms with Crippen LogP contribution in [0, 0.1) is 0 Å². The van der Waals surface area contributed by atoms with Crippen molar-refractivity contribution in [1.29, 1.82) is 0 Å². The molecule has 1 amide bonds. The van der Waals surface area contributed by atoms with Crippen LogP contribution in [0.5, 0.6) is 0 Å². The summed E-state index contributed by atoms with van der Waals surface area (Å²) in [5.74, 6) is 1.05. The molecule has 2 aromatic heterocycles. The van der Waals surface area contributed by atoms with Gasteiger partial charge in [-0.25, -0.2) is 0 Å². The Hall–Kier alpha value is -2.67. The summed E-state index contributed by atoms with van der Waals surface area (Å²) < 4.78 is 1.97. The maximum atomic E-state index is 12.0. The van der Waals surface area contributed by atoms with Crippen LogP contribution < -0.4 is 5.32 Å². The smallest absolute Gasteiger partial charge is 0.230 e. The van der Waals surface area contributed by atoms with Crippen LogP contribution in [0.3, 0.4) is 0 Å². The van der Waals surface area contributed by atoms with Crippen LogP contribution in [0.25, 0.3) is 17.1 Å². The van der Waals surface area contributed by atoms with Gasteiger partial charge in [0.05, 0.1) is 5.75 Å². The maximum Gasteiger partial charge on any atom is 0.230 e. The maximum absolute atomic E-state index is 12.0. The third kappa shape index (κ3) is 4.49. The molecule has 2 heterocycles. The molecule has 0 atom stereocenters. The zero-order chi connectivity index (χ0) is 18.2. The van der Waals surface area contributed by atoms with Crippen LogP contribution >= 0.6 is 11.8 Å². The number of hydrogen-bond donors (Lipinski definition) is 1. The summed E-state index contributed by atoms with van der Waals surface area (Å²) in [5.41, 5.74) is 1.88. The molecule has 0 saturated carbocycles. The van der Waals surface area contributed by atoms with E-state index in [0.29, 0.717) is 17.5 Å². The average Bonchev–Trinajstić information content (AvgIpc) is 3.12. The van der Waals surface area contributed by atoms with Gasteiger partial charge in [-0.3, -0.25) is 14.3 Å². The van der Waals surface area contributed by atoms with Gasteiger partial charge in [0.1, 0.15) is 0 Å². The number of nitrogens with one attached hydrogen (secondary N) is 1. The van der Waals surface area contributed by atoms with E-state index in [1.54, 1.807) is 12.4 Å². The minimum absolute atomic E-state index is 0.0107. The fourth-order valence-corrected chi connectivity index (χ4v) is 3.23. The molecule has 26 heavy (non-hydrogen) atoms. The second-order valence-corrected chi connectivity index (χ2v) is 6.65. The molecule has 3 aromatic rings. The lowest BCUT2D eigenvalue weighted by Crippen LogP contribution is -2.26. The number of thioether (sulfide) groups is 1. The van der Waals surface area contributed by atoms with E-state index < -0.39 is 0 Å². The lowest BCUT2D eigenvalue weighted by Gasteiger charge is -2.10.